The van der Waals surface area contributed by atoms with E-state index in [0.29, 0.717) is 5.92 Å². The first kappa shape index (κ1) is 15.1. The van der Waals surface area contributed by atoms with Crippen molar-refractivity contribution in [1.29, 1.82) is 0 Å². The van der Waals surface area contributed by atoms with Crippen molar-refractivity contribution >= 4 is 0 Å². The summed E-state index contributed by atoms with van der Waals surface area (Å²) in [4.78, 5) is 0. The SMILES string of the molecule is C=C1CC[C@@H](O)[C@@]2(C)CCC3=C(C(C)C)CC[C@]3(C)C=C12. The van der Waals surface area contributed by atoms with Gasteiger partial charge in [-0.05, 0) is 50.0 Å². The molecule has 0 heterocycles. The Labute approximate surface area is 129 Å². The molecule has 3 rings (SSSR count). The van der Waals surface area contributed by atoms with Crippen molar-refractivity contribution in [3.05, 3.63) is 34.9 Å². The molecular weight excluding hydrogens is 256 g/mol. The third-order valence-corrected chi connectivity index (χ3v) is 6.50. The van der Waals surface area contributed by atoms with Crippen LogP contribution in [0.15, 0.2) is 34.9 Å². The van der Waals surface area contributed by atoms with Crippen LogP contribution in [0, 0.1) is 16.7 Å². The highest BCUT2D eigenvalue weighted by atomic mass is 16.3. The standard InChI is InChI=1S/C20H30O/c1-13(2)15-8-10-19(4)12-17-14(3)6-7-18(21)20(17,5)11-9-16(15)19/h12-13,18,21H,3,6-11H2,1-2,4-5H3/t18-,19-,20+/m1/s1. The second kappa shape index (κ2) is 4.84. The quantitative estimate of drug-likeness (QED) is 0.659. The molecule has 3 atom stereocenters. The zero-order valence-electron chi connectivity index (χ0n) is 14.1. The van der Waals surface area contributed by atoms with Crippen LogP contribution in [0.2, 0.25) is 0 Å². The zero-order valence-corrected chi connectivity index (χ0v) is 14.1. The number of hydrogen-bond donors (Lipinski definition) is 1. The van der Waals surface area contributed by atoms with Gasteiger partial charge in [0.2, 0.25) is 0 Å². The second-order valence-electron chi connectivity index (χ2n) is 8.21. The minimum Gasteiger partial charge on any atom is -0.392 e. The van der Waals surface area contributed by atoms with Crippen LogP contribution in [0.4, 0.5) is 0 Å². The van der Waals surface area contributed by atoms with E-state index in [1.165, 1.54) is 24.0 Å². The third-order valence-electron chi connectivity index (χ3n) is 6.50. The fourth-order valence-electron chi connectivity index (χ4n) is 4.92. The summed E-state index contributed by atoms with van der Waals surface area (Å²) in [5.41, 5.74) is 6.09. The van der Waals surface area contributed by atoms with E-state index in [9.17, 15) is 5.11 Å². The van der Waals surface area contributed by atoms with E-state index in [1.54, 1.807) is 11.1 Å². The second-order valence-corrected chi connectivity index (χ2v) is 8.21. The molecule has 116 valence electrons. The Morgan fingerprint density at radius 1 is 1.19 bits per heavy atom. The molecule has 1 heteroatoms. The molecule has 0 spiro atoms. The van der Waals surface area contributed by atoms with Crippen molar-refractivity contribution in [1.82, 2.24) is 0 Å². The van der Waals surface area contributed by atoms with Gasteiger partial charge in [-0.25, -0.2) is 0 Å². The van der Waals surface area contributed by atoms with E-state index in [-0.39, 0.29) is 16.9 Å². The number of allylic oxidation sites excluding steroid dienone is 4. The monoisotopic (exact) mass is 286 g/mol. The van der Waals surface area contributed by atoms with Crippen molar-refractivity contribution in [3.8, 4) is 0 Å². The molecule has 1 saturated carbocycles. The fraction of sp³-hybridized carbons (Fsp3) is 0.700. The van der Waals surface area contributed by atoms with Crippen LogP contribution < -0.4 is 0 Å². The molecule has 0 aromatic rings. The predicted molar refractivity (Wildman–Crippen MR) is 89.0 cm³/mol. The van der Waals surface area contributed by atoms with E-state index < -0.39 is 0 Å². The van der Waals surface area contributed by atoms with E-state index in [1.807, 2.05) is 0 Å². The maximum Gasteiger partial charge on any atom is 0.0637 e. The van der Waals surface area contributed by atoms with E-state index in [2.05, 4.69) is 40.3 Å². The van der Waals surface area contributed by atoms with Gasteiger partial charge in [-0.2, -0.15) is 0 Å². The summed E-state index contributed by atoms with van der Waals surface area (Å²) in [6, 6.07) is 0. The van der Waals surface area contributed by atoms with Crippen molar-refractivity contribution in [2.75, 3.05) is 0 Å². The molecule has 0 aromatic carbocycles. The van der Waals surface area contributed by atoms with Crippen LogP contribution in [0.5, 0.6) is 0 Å². The molecule has 0 aromatic heterocycles. The average molecular weight is 286 g/mol. The minimum atomic E-state index is -0.209. The van der Waals surface area contributed by atoms with Crippen LogP contribution in [-0.4, -0.2) is 11.2 Å². The van der Waals surface area contributed by atoms with Gasteiger partial charge in [-0.15, -0.1) is 0 Å². The van der Waals surface area contributed by atoms with Crippen LogP contribution in [0.1, 0.15) is 66.2 Å². The molecular formula is C20H30O. The highest BCUT2D eigenvalue weighted by molar-refractivity contribution is 5.46. The molecule has 0 bridgehead atoms. The summed E-state index contributed by atoms with van der Waals surface area (Å²) < 4.78 is 0. The number of aliphatic hydroxyl groups excluding tert-OH is 1. The van der Waals surface area contributed by atoms with Gasteiger partial charge >= 0.3 is 0 Å². The highest BCUT2D eigenvalue weighted by Crippen LogP contribution is 2.57. The molecule has 1 fully saturated rings. The van der Waals surface area contributed by atoms with Gasteiger partial charge in [0.15, 0.2) is 0 Å². The predicted octanol–water partition coefficient (Wildman–Crippen LogP) is 5.18. The Bertz CT molecular complexity index is 536. The molecule has 3 aliphatic rings. The molecule has 21 heavy (non-hydrogen) atoms. The Morgan fingerprint density at radius 2 is 1.90 bits per heavy atom. The maximum absolute atomic E-state index is 10.6. The smallest absolute Gasteiger partial charge is 0.0637 e. The summed E-state index contributed by atoms with van der Waals surface area (Å²) in [6.07, 6.45) is 8.81. The summed E-state index contributed by atoms with van der Waals surface area (Å²) in [5, 5.41) is 10.6. The molecule has 3 aliphatic carbocycles. The third kappa shape index (κ3) is 2.16. The maximum atomic E-state index is 10.6. The highest BCUT2D eigenvalue weighted by Gasteiger charge is 2.47. The lowest BCUT2D eigenvalue weighted by Crippen LogP contribution is -2.38. The first-order valence-electron chi connectivity index (χ1n) is 8.60. The van der Waals surface area contributed by atoms with E-state index >= 15 is 0 Å². The Morgan fingerprint density at radius 3 is 2.57 bits per heavy atom. The fourth-order valence-corrected chi connectivity index (χ4v) is 4.92. The minimum absolute atomic E-state index is 0.0855. The molecule has 0 aliphatic heterocycles. The average Bonchev–Trinajstić information content (AvgIpc) is 2.69. The van der Waals surface area contributed by atoms with Crippen LogP contribution in [0.25, 0.3) is 0 Å². The molecule has 0 amide bonds. The number of hydrogen-bond acceptors (Lipinski definition) is 1. The van der Waals surface area contributed by atoms with Crippen molar-refractivity contribution in [3.63, 3.8) is 0 Å². The lowest BCUT2D eigenvalue weighted by molar-refractivity contribution is 0.0419. The summed E-state index contributed by atoms with van der Waals surface area (Å²) in [7, 11) is 0. The number of aliphatic hydroxyl groups is 1. The molecule has 0 saturated heterocycles. The van der Waals surface area contributed by atoms with Gasteiger partial charge < -0.3 is 5.11 Å². The molecule has 1 N–H and O–H groups in total. The summed E-state index contributed by atoms with van der Waals surface area (Å²) >= 11 is 0. The van der Waals surface area contributed by atoms with Crippen molar-refractivity contribution in [2.45, 2.75) is 72.3 Å². The molecule has 0 unspecified atom stereocenters. The van der Waals surface area contributed by atoms with Crippen LogP contribution >= 0.6 is 0 Å². The topological polar surface area (TPSA) is 20.2 Å². The van der Waals surface area contributed by atoms with Gasteiger partial charge in [0.1, 0.15) is 0 Å². The molecule has 0 radical (unpaired) electrons. The summed E-state index contributed by atoms with van der Waals surface area (Å²) in [6.45, 7) is 13.6. The van der Waals surface area contributed by atoms with E-state index in [4.69, 9.17) is 0 Å². The number of rotatable bonds is 1. The lowest BCUT2D eigenvalue weighted by Gasteiger charge is -2.42. The van der Waals surface area contributed by atoms with Gasteiger partial charge in [0, 0.05) is 10.8 Å². The Balaban J connectivity index is 2.12. The first-order chi connectivity index (χ1) is 9.78. The normalized spacial score (nSPS) is 40.0. The largest absolute Gasteiger partial charge is 0.392 e. The van der Waals surface area contributed by atoms with Crippen molar-refractivity contribution in [2.24, 2.45) is 16.7 Å². The lowest BCUT2D eigenvalue weighted by atomic mass is 9.65. The number of fused-ring (bicyclic) bond motifs is 2. The van der Waals surface area contributed by atoms with Gasteiger partial charge in [-0.1, -0.05) is 57.1 Å². The molecule has 1 nitrogen and oxygen atoms in total. The van der Waals surface area contributed by atoms with Gasteiger partial charge in [0.05, 0.1) is 6.10 Å². The zero-order chi connectivity index (χ0) is 15.4. The first-order valence-corrected chi connectivity index (χ1v) is 8.60. The van der Waals surface area contributed by atoms with Crippen LogP contribution in [-0.2, 0) is 0 Å². The van der Waals surface area contributed by atoms with Gasteiger partial charge in [0.25, 0.3) is 0 Å². The van der Waals surface area contributed by atoms with Crippen molar-refractivity contribution < 1.29 is 5.11 Å². The Kier molecular flexibility index (Phi) is 3.48. The van der Waals surface area contributed by atoms with E-state index in [0.717, 1.165) is 25.7 Å². The Hall–Kier alpha value is -0.820. The summed E-state index contributed by atoms with van der Waals surface area (Å²) in [5.74, 6) is 0.654. The van der Waals surface area contributed by atoms with Gasteiger partial charge in [-0.3, -0.25) is 0 Å². The van der Waals surface area contributed by atoms with Crippen LogP contribution in [0.3, 0.4) is 0 Å².